The Morgan fingerprint density at radius 3 is 1.32 bits per heavy atom. The van der Waals surface area contributed by atoms with Gasteiger partial charge in [-0.05, 0) is 114 Å². The summed E-state index contributed by atoms with van der Waals surface area (Å²) in [6.07, 6.45) is 16.1. The number of carboxylic acid groups (broad SMARTS) is 4. The predicted octanol–water partition coefficient (Wildman–Crippen LogP) is 13.0. The molecular formula is C53H76N2O14P2. The average molecular weight is 1030 g/mol. The summed E-state index contributed by atoms with van der Waals surface area (Å²) < 4.78 is 52.8. The molecule has 18 heteroatoms. The van der Waals surface area contributed by atoms with E-state index >= 15 is 0 Å². The Labute approximate surface area is 419 Å². The van der Waals surface area contributed by atoms with Crippen LogP contribution in [0.25, 0.3) is 0 Å². The van der Waals surface area contributed by atoms with Gasteiger partial charge in [0.15, 0.2) is 0 Å². The number of rotatable bonds is 38. The van der Waals surface area contributed by atoms with Gasteiger partial charge in [0.1, 0.15) is 0 Å². The van der Waals surface area contributed by atoms with Gasteiger partial charge in [-0.25, -0.2) is 0 Å². The van der Waals surface area contributed by atoms with E-state index in [0.717, 1.165) is 45.1 Å². The number of aliphatic carboxylic acids is 4. The second-order valence-corrected chi connectivity index (χ2v) is 23.4. The fourth-order valence-electron chi connectivity index (χ4n) is 8.72. The predicted molar refractivity (Wildman–Crippen MR) is 277 cm³/mol. The second-order valence-electron chi connectivity index (χ2n) is 19.1. The molecule has 0 aliphatic carbocycles. The minimum Gasteiger partial charge on any atom is -0.481 e. The van der Waals surface area contributed by atoms with Crippen LogP contribution in [-0.4, -0.2) is 94.5 Å². The third-order valence-electron chi connectivity index (χ3n) is 13.1. The maximum Gasteiger partial charge on any atom is 0.330 e. The van der Waals surface area contributed by atoms with Crippen LogP contribution >= 0.6 is 15.2 Å². The largest absolute Gasteiger partial charge is 0.481 e. The van der Waals surface area contributed by atoms with Crippen LogP contribution in [0.2, 0.25) is 0 Å². The molecule has 0 saturated heterocycles. The minimum atomic E-state index is -3.64. The van der Waals surface area contributed by atoms with Gasteiger partial charge in [0.25, 0.3) is 0 Å². The number of unbranched alkanes of at least 4 members (excludes halogenated alkanes) is 8. The van der Waals surface area contributed by atoms with Crippen LogP contribution in [0.3, 0.4) is 0 Å². The van der Waals surface area contributed by atoms with Crippen molar-refractivity contribution in [1.82, 2.24) is 0 Å². The lowest BCUT2D eigenvalue weighted by Crippen LogP contribution is -2.31. The van der Waals surface area contributed by atoms with Crippen LogP contribution in [-0.2, 0) is 57.2 Å². The summed E-state index contributed by atoms with van der Waals surface area (Å²) >= 11 is 0. The summed E-state index contributed by atoms with van der Waals surface area (Å²) in [6.45, 7) is 8.84. The van der Waals surface area contributed by atoms with Crippen molar-refractivity contribution >= 4 is 61.9 Å². The van der Waals surface area contributed by atoms with Gasteiger partial charge in [0.2, 0.25) is 0 Å². The fraction of sp³-hybridized carbons (Fsp3) is 0.585. The molecule has 2 aliphatic heterocycles. The highest BCUT2D eigenvalue weighted by Crippen LogP contribution is 2.55. The van der Waals surface area contributed by atoms with Gasteiger partial charge < -0.3 is 38.5 Å². The fourth-order valence-corrected chi connectivity index (χ4v) is 12.5. The molecule has 0 amide bonds. The summed E-state index contributed by atoms with van der Waals surface area (Å²) in [4.78, 5) is 54.1. The summed E-state index contributed by atoms with van der Waals surface area (Å²) in [5.41, 5.74) is 6.22. The van der Waals surface area contributed by atoms with Crippen molar-refractivity contribution in [1.29, 1.82) is 0 Å². The molecule has 0 fully saturated rings. The molecule has 2 unspecified atom stereocenters. The molecule has 0 bridgehead atoms. The van der Waals surface area contributed by atoms with E-state index in [1.807, 2.05) is 62.4 Å². The lowest BCUT2D eigenvalue weighted by Gasteiger charge is -2.30. The third kappa shape index (κ3) is 19.8. The molecule has 16 nitrogen and oxygen atoms in total. The van der Waals surface area contributed by atoms with E-state index in [1.165, 1.54) is 0 Å². The van der Waals surface area contributed by atoms with E-state index in [0.29, 0.717) is 96.3 Å². The molecule has 2 atom stereocenters. The van der Waals surface area contributed by atoms with Gasteiger partial charge in [0.05, 0.1) is 55.8 Å². The molecule has 0 saturated carbocycles. The zero-order chi connectivity index (χ0) is 51.9. The zero-order valence-electron chi connectivity index (χ0n) is 42.1. The molecule has 0 radical (unpaired) electrons. The Balaban J connectivity index is 1.49. The number of nitrogens with zero attached hydrogens (tertiary/aromatic N) is 2. The van der Waals surface area contributed by atoms with Gasteiger partial charge in [-0.2, -0.15) is 0 Å². The van der Waals surface area contributed by atoms with Gasteiger partial charge >= 0.3 is 39.1 Å². The standard InChI is InChI=1S/C53H76N2O14P2/c1-40-26-28-44-42(38-40)52(3,30-36-70(64,66-32-16-6-12-22-48(56)57)67-33-17-7-13-23-49(58)59)46(54-44)20-10-5-11-21-47-53(4,43-39-41(2)27-29-45(43)55-47)31-37-71(65,68-34-18-8-14-24-50(60)61)69-35-19-9-15-25-51(62)63/h5,10-11,20,26-29,38-39H,6-9,12-19,21-25,30-37H2,1-4H3,(H,56,57)(H,58,59)(H,60,61)(H,62,63). The van der Waals surface area contributed by atoms with E-state index in [-0.39, 0.29) is 64.4 Å². The number of carbonyl (C=O) groups is 4. The van der Waals surface area contributed by atoms with Crippen LogP contribution in [0.15, 0.2) is 70.7 Å². The van der Waals surface area contributed by atoms with Crippen molar-refractivity contribution in [3.05, 3.63) is 83.0 Å². The number of allylic oxidation sites excluding steroid dienone is 4. The Morgan fingerprint density at radius 1 is 0.535 bits per heavy atom. The molecular weight excluding hydrogens is 951 g/mol. The summed E-state index contributed by atoms with van der Waals surface area (Å²) in [7, 11) is -7.27. The smallest absolute Gasteiger partial charge is 0.330 e. The number of benzene rings is 2. The van der Waals surface area contributed by atoms with Gasteiger partial charge in [0, 0.05) is 48.6 Å². The molecule has 0 aromatic heterocycles. The summed E-state index contributed by atoms with van der Waals surface area (Å²) in [6, 6.07) is 12.2. The molecule has 4 rings (SSSR count). The first-order valence-corrected chi connectivity index (χ1v) is 28.6. The number of fused-ring (bicyclic) bond motifs is 2. The van der Waals surface area contributed by atoms with Crippen molar-refractivity contribution in [3.8, 4) is 0 Å². The summed E-state index contributed by atoms with van der Waals surface area (Å²) in [5.74, 6) is -3.47. The average Bonchev–Trinajstić information content (AvgIpc) is 3.74. The van der Waals surface area contributed by atoms with Crippen molar-refractivity contribution in [3.63, 3.8) is 0 Å². The lowest BCUT2D eigenvalue weighted by molar-refractivity contribution is -0.138. The van der Waals surface area contributed by atoms with Crippen LogP contribution in [0, 0.1) is 13.8 Å². The van der Waals surface area contributed by atoms with Crippen molar-refractivity contribution in [2.75, 3.05) is 38.8 Å². The normalized spacial score (nSPS) is 17.7. The Morgan fingerprint density at radius 2 is 0.915 bits per heavy atom. The van der Waals surface area contributed by atoms with Crippen LogP contribution in [0.1, 0.15) is 158 Å². The van der Waals surface area contributed by atoms with Gasteiger partial charge in [-0.15, -0.1) is 0 Å². The van der Waals surface area contributed by atoms with Crippen LogP contribution in [0.4, 0.5) is 11.4 Å². The third-order valence-corrected chi connectivity index (χ3v) is 16.9. The highest BCUT2D eigenvalue weighted by molar-refractivity contribution is 7.54. The number of hydrogen-bond donors (Lipinski definition) is 4. The molecule has 2 aromatic carbocycles. The second kappa shape index (κ2) is 29.2. The Kier molecular flexibility index (Phi) is 24.3. The number of aryl methyl sites for hydroxylation is 2. The van der Waals surface area contributed by atoms with Crippen molar-refractivity contribution < 1.29 is 66.8 Å². The minimum absolute atomic E-state index is 0.0496. The highest BCUT2D eigenvalue weighted by Gasteiger charge is 2.42. The maximum atomic E-state index is 14.4. The zero-order valence-corrected chi connectivity index (χ0v) is 43.9. The van der Waals surface area contributed by atoms with Crippen LogP contribution in [0.5, 0.6) is 0 Å². The van der Waals surface area contributed by atoms with E-state index < -0.39 is 49.9 Å². The van der Waals surface area contributed by atoms with Crippen LogP contribution < -0.4 is 0 Å². The van der Waals surface area contributed by atoms with E-state index in [9.17, 15) is 28.3 Å². The van der Waals surface area contributed by atoms with E-state index in [1.54, 1.807) is 0 Å². The van der Waals surface area contributed by atoms with Crippen molar-refractivity contribution in [2.45, 2.75) is 161 Å². The maximum absolute atomic E-state index is 14.4. The number of aliphatic imine (C=N–C) groups is 2. The Hall–Kier alpha value is -4.56. The quantitative estimate of drug-likeness (QED) is 0.0278. The lowest BCUT2D eigenvalue weighted by atomic mass is 9.75. The first kappa shape index (κ1) is 59.0. The first-order chi connectivity index (χ1) is 33.8. The SMILES string of the molecule is Cc1ccc2c(c1)C(C)(CCP(=O)(OCCCCCC(=O)O)OCCCCCC(=O)O)C(C=CC=CCC1=Nc3ccc(C)cc3C1(C)CCP(=O)(OCCCCCC(=O)O)OCCCCCC(=O)O)=N2. The molecule has 392 valence electrons. The summed E-state index contributed by atoms with van der Waals surface area (Å²) in [5, 5.41) is 36.1. The van der Waals surface area contributed by atoms with Gasteiger partial charge in [-0.1, -0.05) is 86.2 Å². The molecule has 2 aromatic rings. The monoisotopic (exact) mass is 1030 g/mol. The number of carboxylic acids is 4. The number of hydrogen-bond acceptors (Lipinski definition) is 12. The van der Waals surface area contributed by atoms with E-state index in [2.05, 4.69) is 26.0 Å². The first-order valence-electron chi connectivity index (χ1n) is 25.1. The molecule has 2 aliphatic rings. The van der Waals surface area contributed by atoms with E-state index in [4.69, 9.17) is 48.5 Å². The molecule has 2 heterocycles. The van der Waals surface area contributed by atoms with Gasteiger partial charge in [-0.3, -0.25) is 38.3 Å². The molecule has 71 heavy (non-hydrogen) atoms. The van der Waals surface area contributed by atoms with Crippen molar-refractivity contribution in [2.24, 2.45) is 9.98 Å². The molecule has 4 N–H and O–H groups in total. The Bertz CT molecular complexity index is 2280. The highest BCUT2D eigenvalue weighted by atomic mass is 31.2. The molecule has 0 spiro atoms. The topological polar surface area (TPSA) is 245 Å².